The van der Waals surface area contributed by atoms with E-state index in [0.717, 1.165) is 10.2 Å². The first-order valence-electron chi connectivity index (χ1n) is 8.81. The third-order valence-corrected chi connectivity index (χ3v) is 4.58. The average molecular weight is 391 g/mol. The molecule has 146 valence electrons. The lowest BCUT2D eigenvalue weighted by Gasteiger charge is -2.22. The fourth-order valence-corrected chi connectivity index (χ4v) is 3.36. The summed E-state index contributed by atoms with van der Waals surface area (Å²) in [5, 5.41) is 3.05. The van der Waals surface area contributed by atoms with Crippen LogP contribution in [0.25, 0.3) is 10.2 Å². The van der Waals surface area contributed by atoms with E-state index in [-0.39, 0.29) is 5.78 Å². The maximum atomic E-state index is 13.0. The summed E-state index contributed by atoms with van der Waals surface area (Å²) >= 11 is 1.32. The Morgan fingerprint density at radius 3 is 2.67 bits per heavy atom. The summed E-state index contributed by atoms with van der Waals surface area (Å²) in [6.45, 7) is 7.52. The highest BCUT2D eigenvalue weighted by atomic mass is 32.1. The summed E-state index contributed by atoms with van der Waals surface area (Å²) in [5.41, 5.74) is 5.66. The monoisotopic (exact) mass is 390 g/mol. The molecule has 0 fully saturated rings. The minimum atomic E-state index is -0.728. The SMILES string of the molecule is CC(N)=NCCCC(NC(=O)OC(C)(C)C)C(=O)c1nc2ccccc2s1. The number of rotatable bonds is 7. The minimum absolute atomic E-state index is 0.226. The molecule has 1 aromatic heterocycles. The molecule has 1 heterocycles. The second kappa shape index (κ2) is 8.94. The van der Waals surface area contributed by atoms with E-state index in [0.29, 0.717) is 30.2 Å². The zero-order valence-corrected chi connectivity index (χ0v) is 16.9. The van der Waals surface area contributed by atoms with E-state index in [1.165, 1.54) is 11.3 Å². The molecule has 2 rings (SSSR count). The number of ether oxygens (including phenoxy) is 1. The number of nitrogens with zero attached hydrogens (tertiary/aromatic N) is 2. The van der Waals surface area contributed by atoms with Gasteiger partial charge in [-0.15, -0.1) is 11.3 Å². The van der Waals surface area contributed by atoms with Crippen molar-refractivity contribution >= 4 is 39.3 Å². The van der Waals surface area contributed by atoms with Gasteiger partial charge in [0.05, 0.1) is 22.1 Å². The third kappa shape index (κ3) is 6.63. The number of carbonyl (C=O) groups is 2. The maximum Gasteiger partial charge on any atom is 0.408 e. The van der Waals surface area contributed by atoms with E-state index < -0.39 is 17.7 Å². The second-order valence-corrected chi connectivity index (χ2v) is 8.25. The number of ketones is 1. The van der Waals surface area contributed by atoms with Crippen molar-refractivity contribution in [2.75, 3.05) is 6.54 Å². The molecule has 3 N–H and O–H groups in total. The van der Waals surface area contributed by atoms with Gasteiger partial charge in [-0.1, -0.05) is 12.1 Å². The van der Waals surface area contributed by atoms with Crippen molar-refractivity contribution in [3.63, 3.8) is 0 Å². The number of aromatic nitrogens is 1. The van der Waals surface area contributed by atoms with Crippen molar-refractivity contribution in [1.82, 2.24) is 10.3 Å². The Labute approximate surface area is 163 Å². The van der Waals surface area contributed by atoms with Crippen LogP contribution in [0.2, 0.25) is 0 Å². The molecule has 0 aliphatic heterocycles. The van der Waals surface area contributed by atoms with E-state index in [1.54, 1.807) is 27.7 Å². The third-order valence-electron chi connectivity index (χ3n) is 3.52. The van der Waals surface area contributed by atoms with Crippen LogP contribution >= 0.6 is 11.3 Å². The number of aliphatic imine (C=N–C) groups is 1. The van der Waals surface area contributed by atoms with Crippen molar-refractivity contribution in [2.45, 2.75) is 52.2 Å². The molecule has 0 aliphatic carbocycles. The standard InChI is InChI=1S/C19H26N4O3S/c1-12(20)21-11-7-9-14(23-18(25)26-19(2,3)4)16(24)17-22-13-8-5-6-10-15(13)27-17/h5-6,8,10,14H,7,9,11H2,1-4H3,(H2,20,21)(H,23,25). The van der Waals surface area contributed by atoms with Crippen LogP contribution in [-0.4, -0.2) is 40.9 Å². The summed E-state index contributed by atoms with van der Waals surface area (Å²) in [4.78, 5) is 33.7. The fraction of sp³-hybridized carbons (Fsp3) is 0.474. The molecule has 1 atom stereocenters. The van der Waals surface area contributed by atoms with Crippen molar-refractivity contribution in [3.8, 4) is 0 Å². The van der Waals surface area contributed by atoms with E-state index in [1.807, 2.05) is 24.3 Å². The van der Waals surface area contributed by atoms with Crippen molar-refractivity contribution < 1.29 is 14.3 Å². The molecular weight excluding hydrogens is 364 g/mol. The van der Waals surface area contributed by atoms with Crippen LogP contribution in [0, 0.1) is 0 Å². The topological polar surface area (TPSA) is 107 Å². The number of amidine groups is 1. The molecular formula is C19H26N4O3S. The van der Waals surface area contributed by atoms with Crippen LogP contribution in [-0.2, 0) is 4.74 Å². The van der Waals surface area contributed by atoms with E-state index in [2.05, 4.69) is 15.3 Å². The fourth-order valence-electron chi connectivity index (χ4n) is 2.40. The van der Waals surface area contributed by atoms with Crippen LogP contribution in [0.3, 0.4) is 0 Å². The first-order chi connectivity index (χ1) is 12.7. The number of benzene rings is 1. The Morgan fingerprint density at radius 1 is 1.33 bits per heavy atom. The number of nitrogens with one attached hydrogen (secondary N) is 1. The van der Waals surface area contributed by atoms with Gasteiger partial charge in [-0.05, 0) is 52.7 Å². The van der Waals surface area contributed by atoms with Crippen LogP contribution in [0.4, 0.5) is 4.79 Å². The molecule has 0 radical (unpaired) electrons. The van der Waals surface area contributed by atoms with E-state index in [4.69, 9.17) is 10.5 Å². The highest BCUT2D eigenvalue weighted by Gasteiger charge is 2.27. The van der Waals surface area contributed by atoms with Gasteiger partial charge in [-0.3, -0.25) is 9.79 Å². The summed E-state index contributed by atoms with van der Waals surface area (Å²) in [5.74, 6) is 0.264. The molecule has 1 unspecified atom stereocenters. The van der Waals surface area contributed by atoms with Gasteiger partial charge < -0.3 is 15.8 Å². The normalized spacial score (nSPS) is 13.4. The van der Waals surface area contributed by atoms with Gasteiger partial charge in [0.1, 0.15) is 5.60 Å². The van der Waals surface area contributed by atoms with Gasteiger partial charge in [-0.25, -0.2) is 9.78 Å². The molecule has 1 amide bonds. The van der Waals surface area contributed by atoms with Crippen LogP contribution in [0.5, 0.6) is 0 Å². The van der Waals surface area contributed by atoms with Crippen LogP contribution in [0.1, 0.15) is 50.3 Å². The van der Waals surface area contributed by atoms with Gasteiger partial charge in [0.15, 0.2) is 5.01 Å². The summed E-state index contributed by atoms with van der Waals surface area (Å²) in [6.07, 6.45) is 0.400. The van der Waals surface area contributed by atoms with Gasteiger partial charge in [0.25, 0.3) is 0 Å². The number of fused-ring (bicyclic) bond motifs is 1. The summed E-state index contributed by atoms with van der Waals surface area (Å²) in [6, 6.07) is 6.82. The molecule has 8 heteroatoms. The van der Waals surface area contributed by atoms with Crippen molar-refractivity contribution in [2.24, 2.45) is 10.7 Å². The Hall–Kier alpha value is -2.48. The lowest BCUT2D eigenvalue weighted by atomic mass is 10.1. The highest BCUT2D eigenvalue weighted by Crippen LogP contribution is 2.23. The molecule has 0 bridgehead atoms. The van der Waals surface area contributed by atoms with E-state index in [9.17, 15) is 9.59 Å². The molecule has 0 spiro atoms. The number of Topliss-reactive ketones (excluding diaryl/α,β-unsaturated/α-hetero) is 1. The smallest absolute Gasteiger partial charge is 0.408 e. The lowest BCUT2D eigenvalue weighted by Crippen LogP contribution is -2.43. The molecule has 0 saturated heterocycles. The maximum absolute atomic E-state index is 13.0. The summed E-state index contributed by atoms with van der Waals surface area (Å²) in [7, 11) is 0. The number of hydrogen-bond donors (Lipinski definition) is 2. The average Bonchev–Trinajstić information content (AvgIpc) is 2.99. The zero-order valence-electron chi connectivity index (χ0n) is 16.1. The Morgan fingerprint density at radius 2 is 2.04 bits per heavy atom. The predicted molar refractivity (Wildman–Crippen MR) is 109 cm³/mol. The molecule has 7 nitrogen and oxygen atoms in total. The molecule has 2 aromatic rings. The molecule has 27 heavy (non-hydrogen) atoms. The minimum Gasteiger partial charge on any atom is -0.444 e. The highest BCUT2D eigenvalue weighted by molar-refractivity contribution is 7.20. The van der Waals surface area contributed by atoms with Gasteiger partial charge in [0, 0.05) is 6.54 Å². The second-order valence-electron chi connectivity index (χ2n) is 7.22. The van der Waals surface area contributed by atoms with Gasteiger partial charge >= 0.3 is 6.09 Å². The Balaban J connectivity index is 2.14. The number of hydrogen-bond acceptors (Lipinski definition) is 6. The predicted octanol–water partition coefficient (Wildman–Crippen LogP) is 3.53. The number of para-hydroxylation sites is 1. The van der Waals surface area contributed by atoms with Crippen molar-refractivity contribution in [3.05, 3.63) is 29.3 Å². The molecule has 0 saturated carbocycles. The Kier molecular flexibility index (Phi) is 6.90. The van der Waals surface area contributed by atoms with Crippen LogP contribution < -0.4 is 11.1 Å². The first kappa shape index (κ1) is 20.8. The van der Waals surface area contributed by atoms with Gasteiger partial charge in [-0.2, -0.15) is 0 Å². The Bertz CT molecular complexity index is 802. The zero-order chi connectivity index (χ0) is 20.0. The first-order valence-corrected chi connectivity index (χ1v) is 9.63. The largest absolute Gasteiger partial charge is 0.444 e. The number of alkyl carbamates (subject to hydrolysis) is 1. The molecule has 0 aliphatic rings. The number of thiazole rings is 1. The number of nitrogens with two attached hydrogens (primary N) is 1. The van der Waals surface area contributed by atoms with Crippen LogP contribution in [0.15, 0.2) is 29.3 Å². The summed E-state index contributed by atoms with van der Waals surface area (Å²) < 4.78 is 6.22. The lowest BCUT2D eigenvalue weighted by molar-refractivity contribution is 0.0488. The molecule has 1 aromatic carbocycles. The van der Waals surface area contributed by atoms with E-state index >= 15 is 0 Å². The number of carbonyl (C=O) groups excluding carboxylic acids is 2. The van der Waals surface area contributed by atoms with Crippen molar-refractivity contribution in [1.29, 1.82) is 0 Å². The quantitative estimate of drug-likeness (QED) is 0.325. The number of amides is 1. The van der Waals surface area contributed by atoms with Gasteiger partial charge in [0.2, 0.25) is 5.78 Å².